The lowest BCUT2D eigenvalue weighted by atomic mass is 10.2. The summed E-state index contributed by atoms with van der Waals surface area (Å²) >= 11 is 0. The highest BCUT2D eigenvalue weighted by molar-refractivity contribution is 5.76. The van der Waals surface area contributed by atoms with Gasteiger partial charge in [-0.25, -0.2) is 9.67 Å². The highest BCUT2D eigenvalue weighted by atomic mass is 16.2. The summed E-state index contributed by atoms with van der Waals surface area (Å²) in [6, 6.07) is 1.74. The average Bonchev–Trinajstić information content (AvgIpc) is 2.93. The van der Waals surface area contributed by atoms with Gasteiger partial charge in [0.25, 0.3) is 0 Å². The molecular formula is C14H22N6O. The molecule has 0 aliphatic rings. The van der Waals surface area contributed by atoms with Crippen LogP contribution >= 0.6 is 0 Å². The molecule has 0 aliphatic heterocycles. The number of aryl methyl sites for hydroxylation is 1. The minimum Gasteiger partial charge on any atom is -0.384 e. The van der Waals surface area contributed by atoms with Crippen LogP contribution in [0.15, 0.2) is 18.6 Å². The molecule has 114 valence electrons. The number of nitrogens with zero attached hydrogens (tertiary/aromatic N) is 4. The smallest absolute Gasteiger partial charge is 0.242 e. The molecule has 0 saturated heterocycles. The van der Waals surface area contributed by atoms with Crippen molar-refractivity contribution in [2.24, 2.45) is 5.92 Å². The van der Waals surface area contributed by atoms with Crippen molar-refractivity contribution in [1.29, 1.82) is 0 Å². The first kappa shape index (κ1) is 15.1. The lowest BCUT2D eigenvalue weighted by Gasteiger charge is -2.11. The van der Waals surface area contributed by atoms with Crippen LogP contribution in [0.3, 0.4) is 0 Å². The van der Waals surface area contributed by atoms with Crippen LogP contribution in [-0.4, -0.2) is 25.2 Å². The molecule has 3 N–H and O–H groups in total. The molecule has 21 heavy (non-hydrogen) atoms. The molecule has 0 unspecified atom stereocenters. The van der Waals surface area contributed by atoms with Crippen LogP contribution in [0.5, 0.6) is 0 Å². The number of carbonyl (C=O) groups excluding carboxylic acids is 1. The number of carbonyl (C=O) groups is 1. The second kappa shape index (κ2) is 6.43. The Balaban J connectivity index is 1.89. The first-order chi connectivity index (χ1) is 9.95. The van der Waals surface area contributed by atoms with E-state index in [1.165, 1.54) is 4.68 Å². The van der Waals surface area contributed by atoms with E-state index < -0.39 is 0 Å². The molecule has 2 rings (SSSR count). The molecule has 2 aromatic rings. The van der Waals surface area contributed by atoms with Crippen molar-refractivity contribution in [1.82, 2.24) is 24.6 Å². The van der Waals surface area contributed by atoms with E-state index >= 15 is 0 Å². The second-order valence-corrected chi connectivity index (χ2v) is 5.58. The Labute approximate surface area is 124 Å². The van der Waals surface area contributed by atoms with Gasteiger partial charge in [-0.05, 0) is 12.8 Å². The summed E-state index contributed by atoms with van der Waals surface area (Å²) in [5, 5.41) is 7.03. The minimum atomic E-state index is -0.123. The molecule has 0 atom stereocenters. The number of imidazole rings is 1. The lowest BCUT2D eigenvalue weighted by Crippen LogP contribution is -2.29. The van der Waals surface area contributed by atoms with Gasteiger partial charge >= 0.3 is 0 Å². The SMILES string of the molecule is Cc1cc(N)n(CC(=O)NCc2cncn2CC(C)C)n1. The number of amides is 1. The summed E-state index contributed by atoms with van der Waals surface area (Å²) < 4.78 is 3.55. The molecule has 0 saturated carbocycles. The predicted molar refractivity (Wildman–Crippen MR) is 80.3 cm³/mol. The van der Waals surface area contributed by atoms with Gasteiger partial charge in [0.1, 0.15) is 12.4 Å². The van der Waals surface area contributed by atoms with E-state index in [1.807, 2.05) is 6.92 Å². The van der Waals surface area contributed by atoms with E-state index in [2.05, 4.69) is 33.8 Å². The third kappa shape index (κ3) is 4.08. The molecule has 2 heterocycles. The number of hydrogen-bond acceptors (Lipinski definition) is 4. The van der Waals surface area contributed by atoms with Gasteiger partial charge in [0.15, 0.2) is 0 Å². The van der Waals surface area contributed by atoms with E-state index in [0.717, 1.165) is 17.9 Å². The van der Waals surface area contributed by atoms with E-state index in [9.17, 15) is 4.79 Å². The van der Waals surface area contributed by atoms with Gasteiger partial charge in [0, 0.05) is 18.8 Å². The molecule has 0 bridgehead atoms. The zero-order chi connectivity index (χ0) is 15.4. The van der Waals surface area contributed by atoms with Crippen molar-refractivity contribution in [3.8, 4) is 0 Å². The Morgan fingerprint density at radius 1 is 1.48 bits per heavy atom. The summed E-state index contributed by atoms with van der Waals surface area (Å²) in [7, 11) is 0. The van der Waals surface area contributed by atoms with Crippen LogP contribution in [0.2, 0.25) is 0 Å². The number of nitrogens with two attached hydrogens (primary N) is 1. The van der Waals surface area contributed by atoms with Gasteiger partial charge in [0.2, 0.25) is 5.91 Å². The van der Waals surface area contributed by atoms with Crippen LogP contribution in [0.1, 0.15) is 25.2 Å². The summed E-state index contributed by atoms with van der Waals surface area (Å²) in [6.07, 6.45) is 3.56. The highest BCUT2D eigenvalue weighted by Gasteiger charge is 2.09. The maximum absolute atomic E-state index is 11.9. The van der Waals surface area contributed by atoms with E-state index in [0.29, 0.717) is 18.3 Å². The Bertz CT molecular complexity index is 613. The molecule has 2 aromatic heterocycles. The van der Waals surface area contributed by atoms with Crippen LogP contribution in [0, 0.1) is 12.8 Å². The molecular weight excluding hydrogens is 268 g/mol. The fourth-order valence-electron chi connectivity index (χ4n) is 2.13. The number of rotatable bonds is 6. The molecule has 0 spiro atoms. The van der Waals surface area contributed by atoms with E-state index in [4.69, 9.17) is 5.73 Å². The molecule has 0 aliphatic carbocycles. The molecule has 1 amide bonds. The highest BCUT2D eigenvalue weighted by Crippen LogP contribution is 2.06. The minimum absolute atomic E-state index is 0.123. The quantitative estimate of drug-likeness (QED) is 0.828. The van der Waals surface area contributed by atoms with Crippen LogP contribution in [-0.2, 0) is 24.4 Å². The topological polar surface area (TPSA) is 90.8 Å². The number of hydrogen-bond donors (Lipinski definition) is 2. The molecule has 7 heteroatoms. The predicted octanol–water partition coefficient (Wildman–Crippen LogP) is 0.943. The normalized spacial score (nSPS) is 11.0. The Kier molecular flexibility index (Phi) is 4.62. The van der Waals surface area contributed by atoms with E-state index in [1.54, 1.807) is 18.6 Å². The first-order valence-corrected chi connectivity index (χ1v) is 7.01. The number of nitrogens with one attached hydrogen (secondary N) is 1. The zero-order valence-electron chi connectivity index (χ0n) is 12.7. The van der Waals surface area contributed by atoms with Gasteiger partial charge in [-0.2, -0.15) is 5.10 Å². The van der Waals surface area contributed by atoms with E-state index in [-0.39, 0.29) is 12.5 Å². The molecule has 0 radical (unpaired) electrons. The van der Waals surface area contributed by atoms with Crippen molar-refractivity contribution in [2.75, 3.05) is 5.73 Å². The Morgan fingerprint density at radius 3 is 2.86 bits per heavy atom. The monoisotopic (exact) mass is 290 g/mol. The maximum Gasteiger partial charge on any atom is 0.242 e. The summed E-state index contributed by atoms with van der Waals surface area (Å²) in [6.45, 7) is 7.59. The number of aromatic nitrogens is 4. The molecule has 0 aromatic carbocycles. The average molecular weight is 290 g/mol. The standard InChI is InChI=1S/C14H22N6O/c1-10(2)7-19-9-16-5-12(19)6-17-14(21)8-20-13(15)4-11(3)18-20/h4-5,9-10H,6-8,15H2,1-3H3,(H,17,21). The lowest BCUT2D eigenvalue weighted by molar-refractivity contribution is -0.122. The summed E-state index contributed by atoms with van der Waals surface area (Å²) in [4.78, 5) is 16.1. The number of anilines is 1. The van der Waals surface area contributed by atoms with Crippen molar-refractivity contribution >= 4 is 11.7 Å². The first-order valence-electron chi connectivity index (χ1n) is 7.01. The number of nitrogen functional groups attached to an aromatic ring is 1. The van der Waals surface area contributed by atoms with Crippen LogP contribution in [0.4, 0.5) is 5.82 Å². The van der Waals surface area contributed by atoms with Gasteiger partial charge in [-0.15, -0.1) is 0 Å². The molecule has 7 nitrogen and oxygen atoms in total. The van der Waals surface area contributed by atoms with Crippen molar-refractivity contribution in [3.63, 3.8) is 0 Å². The third-order valence-corrected chi connectivity index (χ3v) is 3.05. The van der Waals surface area contributed by atoms with Gasteiger partial charge in [-0.1, -0.05) is 13.8 Å². The summed E-state index contributed by atoms with van der Waals surface area (Å²) in [5.74, 6) is 0.898. The maximum atomic E-state index is 11.9. The fourth-order valence-corrected chi connectivity index (χ4v) is 2.13. The second-order valence-electron chi connectivity index (χ2n) is 5.58. The van der Waals surface area contributed by atoms with Crippen molar-refractivity contribution in [2.45, 2.75) is 40.4 Å². The Hall–Kier alpha value is -2.31. The van der Waals surface area contributed by atoms with Crippen LogP contribution in [0.25, 0.3) is 0 Å². The molecule has 0 fully saturated rings. The fraction of sp³-hybridized carbons (Fsp3) is 0.500. The summed E-state index contributed by atoms with van der Waals surface area (Å²) in [5.41, 5.74) is 7.55. The van der Waals surface area contributed by atoms with Crippen molar-refractivity contribution in [3.05, 3.63) is 30.0 Å². The van der Waals surface area contributed by atoms with Gasteiger partial charge in [0.05, 0.1) is 24.3 Å². The third-order valence-electron chi connectivity index (χ3n) is 3.05. The Morgan fingerprint density at radius 2 is 2.24 bits per heavy atom. The zero-order valence-corrected chi connectivity index (χ0v) is 12.7. The van der Waals surface area contributed by atoms with Gasteiger partial charge < -0.3 is 15.6 Å². The van der Waals surface area contributed by atoms with Crippen molar-refractivity contribution < 1.29 is 4.79 Å². The van der Waals surface area contributed by atoms with Gasteiger partial charge in [-0.3, -0.25) is 4.79 Å². The van der Waals surface area contributed by atoms with Crippen LogP contribution < -0.4 is 11.1 Å². The largest absolute Gasteiger partial charge is 0.384 e.